The van der Waals surface area contributed by atoms with Gasteiger partial charge in [0.25, 0.3) is 0 Å². The first-order valence-corrected chi connectivity index (χ1v) is 4.82. The van der Waals surface area contributed by atoms with Crippen LogP contribution in [0.15, 0.2) is 24.3 Å². The molecule has 0 spiro atoms. The van der Waals surface area contributed by atoms with Crippen molar-refractivity contribution >= 4 is 11.7 Å². The summed E-state index contributed by atoms with van der Waals surface area (Å²) < 4.78 is 4.81. The van der Waals surface area contributed by atoms with Crippen molar-refractivity contribution in [3.63, 3.8) is 0 Å². The van der Waals surface area contributed by atoms with Crippen molar-refractivity contribution in [3.8, 4) is 0 Å². The molecule has 4 heteroatoms. The summed E-state index contributed by atoms with van der Waals surface area (Å²) in [6.45, 7) is 4.17. The highest BCUT2D eigenvalue weighted by molar-refractivity contribution is 5.65. The molecule has 2 N–H and O–H groups in total. The Hall–Kier alpha value is -1.55. The van der Waals surface area contributed by atoms with Crippen LogP contribution in [0.1, 0.15) is 12.5 Å². The van der Waals surface area contributed by atoms with Gasteiger partial charge in [-0.25, -0.2) is 5.84 Å². The van der Waals surface area contributed by atoms with Crippen LogP contribution in [0.5, 0.6) is 0 Å². The van der Waals surface area contributed by atoms with E-state index in [1.807, 2.05) is 31.2 Å². The number of nitrogens with zero attached hydrogens (tertiary/aromatic N) is 1. The fraction of sp³-hybridized carbons (Fsp3) is 0.364. The lowest BCUT2D eigenvalue weighted by Crippen LogP contribution is -2.35. The third-order valence-corrected chi connectivity index (χ3v) is 2.06. The number of esters is 1. The normalized spacial score (nSPS) is 9.80. The number of rotatable bonds is 4. The molecule has 0 bridgehead atoms. The van der Waals surface area contributed by atoms with E-state index in [1.54, 1.807) is 5.01 Å². The monoisotopic (exact) mass is 208 g/mol. The molecule has 0 saturated carbocycles. The summed E-state index contributed by atoms with van der Waals surface area (Å²) >= 11 is 0. The summed E-state index contributed by atoms with van der Waals surface area (Å²) in [7, 11) is 0. The molecule has 1 aromatic carbocycles. The van der Waals surface area contributed by atoms with Gasteiger partial charge in [0.15, 0.2) is 0 Å². The van der Waals surface area contributed by atoms with Crippen molar-refractivity contribution < 1.29 is 9.53 Å². The smallest absolute Gasteiger partial charge is 0.302 e. The largest absolute Gasteiger partial charge is 0.464 e. The van der Waals surface area contributed by atoms with Crippen LogP contribution in [0.2, 0.25) is 0 Å². The average Bonchev–Trinajstić information content (AvgIpc) is 2.17. The van der Waals surface area contributed by atoms with Gasteiger partial charge < -0.3 is 9.75 Å². The second-order valence-electron chi connectivity index (χ2n) is 3.32. The Kier molecular flexibility index (Phi) is 4.12. The number of anilines is 1. The van der Waals surface area contributed by atoms with Crippen LogP contribution in [0.25, 0.3) is 0 Å². The van der Waals surface area contributed by atoms with Crippen molar-refractivity contribution in [1.82, 2.24) is 0 Å². The number of nitrogens with two attached hydrogens (primary N) is 1. The maximum atomic E-state index is 10.5. The first-order valence-electron chi connectivity index (χ1n) is 4.82. The van der Waals surface area contributed by atoms with E-state index in [-0.39, 0.29) is 5.97 Å². The highest BCUT2D eigenvalue weighted by Crippen LogP contribution is 2.15. The van der Waals surface area contributed by atoms with Crippen LogP contribution in [0.4, 0.5) is 5.69 Å². The molecule has 0 radical (unpaired) electrons. The van der Waals surface area contributed by atoms with Crippen molar-refractivity contribution in [2.45, 2.75) is 13.8 Å². The maximum Gasteiger partial charge on any atom is 0.302 e. The average molecular weight is 208 g/mol. The quantitative estimate of drug-likeness (QED) is 0.459. The number of aryl methyl sites for hydroxylation is 1. The summed E-state index contributed by atoms with van der Waals surface area (Å²) in [5.74, 6) is 5.54. The fourth-order valence-corrected chi connectivity index (χ4v) is 1.29. The van der Waals surface area contributed by atoms with Gasteiger partial charge in [0.2, 0.25) is 0 Å². The first kappa shape index (κ1) is 11.5. The number of hydrogen-bond donors (Lipinski definition) is 1. The van der Waals surface area contributed by atoms with Crippen LogP contribution in [0.3, 0.4) is 0 Å². The fourth-order valence-electron chi connectivity index (χ4n) is 1.29. The van der Waals surface area contributed by atoms with E-state index in [9.17, 15) is 4.79 Å². The van der Waals surface area contributed by atoms with Gasteiger partial charge in [-0.3, -0.25) is 4.79 Å². The van der Waals surface area contributed by atoms with Crippen LogP contribution < -0.4 is 10.9 Å². The van der Waals surface area contributed by atoms with Crippen LogP contribution in [-0.2, 0) is 9.53 Å². The second kappa shape index (κ2) is 5.36. The van der Waals surface area contributed by atoms with Gasteiger partial charge in [-0.2, -0.15) is 0 Å². The highest BCUT2D eigenvalue weighted by atomic mass is 16.5. The molecular weight excluding hydrogens is 192 g/mol. The van der Waals surface area contributed by atoms with E-state index < -0.39 is 0 Å². The van der Waals surface area contributed by atoms with E-state index in [0.29, 0.717) is 13.2 Å². The lowest BCUT2D eigenvalue weighted by atomic mass is 10.2. The minimum atomic E-state index is -0.284. The molecule has 0 saturated heterocycles. The molecule has 4 nitrogen and oxygen atoms in total. The van der Waals surface area contributed by atoms with Gasteiger partial charge in [0, 0.05) is 6.92 Å². The molecule has 0 aromatic heterocycles. The van der Waals surface area contributed by atoms with E-state index in [2.05, 4.69) is 0 Å². The molecule has 0 aliphatic carbocycles. The topological polar surface area (TPSA) is 55.6 Å². The molecular formula is C11H16N2O2. The van der Waals surface area contributed by atoms with Gasteiger partial charge in [0.1, 0.15) is 6.61 Å². The molecule has 0 atom stereocenters. The van der Waals surface area contributed by atoms with Gasteiger partial charge in [-0.15, -0.1) is 0 Å². The number of carbonyl (C=O) groups is 1. The van der Waals surface area contributed by atoms with Crippen molar-refractivity contribution in [1.29, 1.82) is 0 Å². The number of carbonyl (C=O) groups excluding carboxylic acids is 1. The molecule has 0 unspecified atom stereocenters. The summed E-state index contributed by atoms with van der Waals surface area (Å²) in [4.78, 5) is 10.5. The summed E-state index contributed by atoms with van der Waals surface area (Å²) in [5, 5.41) is 1.58. The standard InChI is InChI=1S/C11H16N2O2/c1-9-5-3-4-6-11(9)13(12)7-8-15-10(2)14/h3-6H,7-8,12H2,1-2H3. The van der Waals surface area contributed by atoms with Gasteiger partial charge >= 0.3 is 5.97 Å². The Labute approximate surface area is 89.6 Å². The van der Waals surface area contributed by atoms with Gasteiger partial charge in [-0.1, -0.05) is 18.2 Å². The SMILES string of the molecule is CC(=O)OCCN(N)c1ccccc1C. The summed E-state index contributed by atoms with van der Waals surface area (Å²) in [6.07, 6.45) is 0. The van der Waals surface area contributed by atoms with Gasteiger partial charge in [-0.05, 0) is 18.6 Å². The van der Waals surface area contributed by atoms with Crippen LogP contribution >= 0.6 is 0 Å². The Morgan fingerprint density at radius 2 is 2.13 bits per heavy atom. The third kappa shape index (κ3) is 3.59. The number of benzene rings is 1. The zero-order valence-corrected chi connectivity index (χ0v) is 9.06. The molecule has 82 valence electrons. The van der Waals surface area contributed by atoms with E-state index in [0.717, 1.165) is 11.3 Å². The molecule has 0 aliphatic rings. The highest BCUT2D eigenvalue weighted by Gasteiger charge is 2.04. The summed E-state index contributed by atoms with van der Waals surface area (Å²) in [6, 6.07) is 7.80. The second-order valence-corrected chi connectivity index (χ2v) is 3.32. The van der Waals surface area contributed by atoms with E-state index in [4.69, 9.17) is 10.6 Å². The maximum absolute atomic E-state index is 10.5. The minimum Gasteiger partial charge on any atom is -0.464 e. The van der Waals surface area contributed by atoms with Crippen molar-refractivity contribution in [2.24, 2.45) is 5.84 Å². The Morgan fingerprint density at radius 1 is 1.47 bits per heavy atom. The zero-order chi connectivity index (χ0) is 11.3. The minimum absolute atomic E-state index is 0.284. The first-order chi connectivity index (χ1) is 7.11. The Balaban J connectivity index is 2.50. The van der Waals surface area contributed by atoms with Gasteiger partial charge in [0.05, 0.1) is 12.2 Å². The number of hydrazine groups is 1. The number of ether oxygens (including phenoxy) is 1. The molecule has 15 heavy (non-hydrogen) atoms. The third-order valence-electron chi connectivity index (χ3n) is 2.06. The lowest BCUT2D eigenvalue weighted by molar-refractivity contribution is -0.140. The van der Waals surface area contributed by atoms with Crippen LogP contribution in [-0.4, -0.2) is 19.1 Å². The summed E-state index contributed by atoms with van der Waals surface area (Å²) in [5.41, 5.74) is 2.05. The molecule has 0 heterocycles. The molecule has 0 fully saturated rings. The Bertz CT molecular complexity index is 339. The van der Waals surface area contributed by atoms with Crippen molar-refractivity contribution in [3.05, 3.63) is 29.8 Å². The number of para-hydroxylation sites is 1. The Morgan fingerprint density at radius 3 is 2.73 bits per heavy atom. The molecule has 0 aliphatic heterocycles. The molecule has 1 aromatic rings. The lowest BCUT2D eigenvalue weighted by Gasteiger charge is -2.20. The van der Waals surface area contributed by atoms with Crippen LogP contribution in [0, 0.1) is 6.92 Å². The predicted octanol–water partition coefficient (Wildman–Crippen LogP) is 1.24. The number of hydrogen-bond acceptors (Lipinski definition) is 4. The van der Waals surface area contributed by atoms with E-state index in [1.165, 1.54) is 6.92 Å². The predicted molar refractivity (Wildman–Crippen MR) is 59.3 cm³/mol. The molecule has 1 rings (SSSR count). The van der Waals surface area contributed by atoms with E-state index >= 15 is 0 Å². The molecule has 0 amide bonds. The zero-order valence-electron chi connectivity index (χ0n) is 9.06. The van der Waals surface area contributed by atoms with Crippen molar-refractivity contribution in [2.75, 3.05) is 18.2 Å².